The maximum atomic E-state index is 12.7. The van der Waals surface area contributed by atoms with Crippen LogP contribution in [0.2, 0.25) is 0 Å². The molecular weight excluding hydrogens is 318 g/mol. The molecule has 2 aliphatic heterocycles. The van der Waals surface area contributed by atoms with Crippen LogP contribution in [-0.2, 0) is 16.6 Å². The Balaban J connectivity index is 1.58. The molecule has 25 heavy (non-hydrogen) atoms. The fourth-order valence-corrected chi connectivity index (χ4v) is 6.26. The summed E-state index contributed by atoms with van der Waals surface area (Å²) in [6, 6.07) is 3.69. The second-order valence-corrected chi connectivity index (χ2v) is 8.72. The average Bonchev–Trinajstić information content (AvgIpc) is 3.32. The van der Waals surface area contributed by atoms with Gasteiger partial charge in [0, 0.05) is 24.6 Å². The van der Waals surface area contributed by atoms with E-state index < -0.39 is 17.1 Å². The first-order chi connectivity index (χ1) is 12.0. The Bertz CT molecular complexity index is 803. The van der Waals surface area contributed by atoms with E-state index in [2.05, 4.69) is 4.90 Å². The molecule has 5 aliphatic rings. The molecule has 2 saturated carbocycles. The number of hydrogen-bond acceptors (Lipinski definition) is 5. The Kier molecular flexibility index (Phi) is 2.55. The Morgan fingerprint density at radius 1 is 1.28 bits per heavy atom. The van der Waals surface area contributed by atoms with Crippen LogP contribution in [-0.4, -0.2) is 51.7 Å². The summed E-state index contributed by atoms with van der Waals surface area (Å²) in [6.07, 6.45) is 4.33. The van der Waals surface area contributed by atoms with Crippen molar-refractivity contribution in [1.29, 1.82) is 0 Å². The summed E-state index contributed by atoms with van der Waals surface area (Å²) >= 11 is 0. The highest BCUT2D eigenvalue weighted by molar-refractivity contribution is 5.90. The minimum Gasteiger partial charge on any atom is -0.504 e. The van der Waals surface area contributed by atoms with Gasteiger partial charge in [0.25, 0.3) is 0 Å². The molecule has 2 bridgehead atoms. The summed E-state index contributed by atoms with van der Waals surface area (Å²) in [4.78, 5) is 15.2. The van der Waals surface area contributed by atoms with Crippen molar-refractivity contribution >= 4 is 5.78 Å². The van der Waals surface area contributed by atoms with Gasteiger partial charge in [0.2, 0.25) is 0 Å². The summed E-state index contributed by atoms with van der Waals surface area (Å²) in [5, 5.41) is 22.3. The van der Waals surface area contributed by atoms with E-state index in [1.807, 2.05) is 6.07 Å². The van der Waals surface area contributed by atoms with Gasteiger partial charge in [0.05, 0.1) is 11.0 Å². The number of ether oxygens (including phenoxy) is 1. The summed E-state index contributed by atoms with van der Waals surface area (Å²) in [5.74, 6) is 1.39. The molecule has 0 aromatic heterocycles. The van der Waals surface area contributed by atoms with Crippen molar-refractivity contribution < 1.29 is 19.7 Å². The number of phenols is 1. The monoisotopic (exact) mass is 341 g/mol. The Morgan fingerprint density at radius 2 is 2.12 bits per heavy atom. The third-order valence-electron chi connectivity index (χ3n) is 7.56. The first kappa shape index (κ1) is 14.6. The van der Waals surface area contributed by atoms with Crippen LogP contribution < -0.4 is 4.74 Å². The molecule has 132 valence electrons. The number of ketones is 1. The van der Waals surface area contributed by atoms with Gasteiger partial charge < -0.3 is 14.9 Å². The number of benzene rings is 1. The number of piperidine rings is 1. The van der Waals surface area contributed by atoms with Gasteiger partial charge in [-0.2, -0.15) is 0 Å². The fraction of sp³-hybridized carbons (Fsp3) is 0.650. The Labute approximate surface area is 146 Å². The molecule has 6 rings (SSSR count). The molecule has 1 saturated heterocycles. The minimum absolute atomic E-state index is 0.0454. The summed E-state index contributed by atoms with van der Waals surface area (Å²) in [7, 11) is 0. The van der Waals surface area contributed by atoms with Crippen molar-refractivity contribution in [3.8, 4) is 11.5 Å². The largest absolute Gasteiger partial charge is 0.504 e. The van der Waals surface area contributed by atoms with Gasteiger partial charge in [-0.25, -0.2) is 0 Å². The molecule has 0 amide bonds. The van der Waals surface area contributed by atoms with E-state index in [1.165, 1.54) is 12.8 Å². The molecule has 2 heterocycles. The predicted molar refractivity (Wildman–Crippen MR) is 89.8 cm³/mol. The zero-order chi connectivity index (χ0) is 17.0. The topological polar surface area (TPSA) is 70.0 Å². The molecule has 5 heteroatoms. The van der Waals surface area contributed by atoms with Crippen molar-refractivity contribution in [2.24, 2.45) is 5.92 Å². The summed E-state index contributed by atoms with van der Waals surface area (Å²) in [5.41, 5.74) is 0.454. The number of aliphatic hydroxyl groups is 1. The lowest BCUT2D eigenvalue weighted by Gasteiger charge is -2.62. The van der Waals surface area contributed by atoms with Crippen LogP contribution in [0.15, 0.2) is 12.1 Å². The van der Waals surface area contributed by atoms with Crippen LogP contribution in [0.1, 0.15) is 43.2 Å². The van der Waals surface area contributed by atoms with E-state index in [9.17, 15) is 15.0 Å². The second kappa shape index (κ2) is 4.38. The normalized spacial score (nSPS) is 41.4. The molecule has 2 N–H and O–H groups in total. The van der Waals surface area contributed by atoms with Crippen LogP contribution in [0.4, 0.5) is 0 Å². The smallest absolute Gasteiger partial charge is 0.174 e. The highest BCUT2D eigenvalue weighted by Crippen LogP contribution is 2.64. The lowest BCUT2D eigenvalue weighted by Crippen LogP contribution is -2.76. The highest BCUT2D eigenvalue weighted by Gasteiger charge is 2.73. The van der Waals surface area contributed by atoms with Gasteiger partial charge in [-0.15, -0.1) is 0 Å². The Hall–Kier alpha value is -1.59. The molecule has 3 fully saturated rings. The molecule has 2 unspecified atom stereocenters. The number of carbonyl (C=O) groups is 1. The zero-order valence-corrected chi connectivity index (χ0v) is 14.2. The number of hydrogen-bond donors (Lipinski definition) is 2. The van der Waals surface area contributed by atoms with Gasteiger partial charge in [-0.3, -0.25) is 9.69 Å². The maximum Gasteiger partial charge on any atom is 0.174 e. The van der Waals surface area contributed by atoms with Crippen LogP contribution >= 0.6 is 0 Å². The highest BCUT2D eigenvalue weighted by atomic mass is 16.5. The van der Waals surface area contributed by atoms with Gasteiger partial charge in [-0.1, -0.05) is 6.07 Å². The van der Waals surface area contributed by atoms with Crippen LogP contribution in [0, 0.1) is 5.92 Å². The van der Waals surface area contributed by atoms with Crippen LogP contribution in [0.5, 0.6) is 11.5 Å². The van der Waals surface area contributed by atoms with Crippen molar-refractivity contribution in [2.45, 2.75) is 61.7 Å². The lowest BCUT2D eigenvalue weighted by atomic mass is 9.49. The van der Waals surface area contributed by atoms with Crippen LogP contribution in [0.3, 0.4) is 0 Å². The van der Waals surface area contributed by atoms with E-state index in [4.69, 9.17) is 4.74 Å². The van der Waals surface area contributed by atoms with Crippen molar-refractivity contribution in [3.63, 3.8) is 0 Å². The molecule has 0 radical (unpaired) electrons. The number of aromatic hydroxyl groups is 1. The first-order valence-electron chi connectivity index (χ1n) is 9.56. The van der Waals surface area contributed by atoms with Crippen LogP contribution in [0.25, 0.3) is 0 Å². The van der Waals surface area contributed by atoms with E-state index >= 15 is 0 Å². The number of Topliss-reactive ketones (excluding diaryl/α,β-unsaturated/α-hetero) is 1. The number of phenolic OH excluding ortho intramolecular Hbond substituents is 1. The zero-order valence-electron chi connectivity index (χ0n) is 14.2. The summed E-state index contributed by atoms with van der Waals surface area (Å²) in [6.45, 7) is 1.95. The predicted octanol–water partition coefficient (Wildman–Crippen LogP) is 1.53. The molecule has 1 spiro atoms. The molecular formula is C20H23NO4. The molecule has 1 aromatic rings. The summed E-state index contributed by atoms with van der Waals surface area (Å²) < 4.78 is 6.04. The van der Waals surface area contributed by atoms with Gasteiger partial charge in [0.1, 0.15) is 0 Å². The molecule has 4 atom stereocenters. The molecule has 5 nitrogen and oxygen atoms in total. The fourth-order valence-electron chi connectivity index (χ4n) is 6.26. The number of carbonyl (C=O) groups excluding carboxylic acids is 1. The second-order valence-electron chi connectivity index (χ2n) is 8.72. The number of nitrogens with zero attached hydrogens (tertiary/aromatic N) is 1. The average molecular weight is 341 g/mol. The van der Waals surface area contributed by atoms with E-state index in [0.717, 1.165) is 43.0 Å². The van der Waals surface area contributed by atoms with E-state index in [-0.39, 0.29) is 17.6 Å². The third-order valence-corrected chi connectivity index (χ3v) is 7.56. The Morgan fingerprint density at radius 3 is 2.92 bits per heavy atom. The van der Waals surface area contributed by atoms with E-state index in [1.54, 1.807) is 6.07 Å². The van der Waals surface area contributed by atoms with Crippen molar-refractivity contribution in [2.75, 3.05) is 13.1 Å². The van der Waals surface area contributed by atoms with Gasteiger partial charge in [0.15, 0.2) is 23.4 Å². The first-order valence-corrected chi connectivity index (χ1v) is 9.56. The molecule has 3 aliphatic carbocycles. The van der Waals surface area contributed by atoms with E-state index in [0.29, 0.717) is 18.6 Å². The van der Waals surface area contributed by atoms with Crippen molar-refractivity contribution in [3.05, 3.63) is 23.3 Å². The number of rotatable bonds is 2. The third kappa shape index (κ3) is 1.56. The van der Waals surface area contributed by atoms with Gasteiger partial charge >= 0.3 is 0 Å². The maximum absolute atomic E-state index is 12.7. The van der Waals surface area contributed by atoms with Gasteiger partial charge in [-0.05, 0) is 56.2 Å². The number of likely N-dealkylation sites (tertiary alicyclic amines) is 1. The minimum atomic E-state index is -0.940. The SMILES string of the molecule is O=C1CC[C@@]2(O)[C@H]3Cc4ccc(O)c5c4C2(CCN3CC2CC2)C1O5. The van der Waals surface area contributed by atoms with Crippen molar-refractivity contribution in [1.82, 2.24) is 4.90 Å². The lowest BCUT2D eigenvalue weighted by molar-refractivity contribution is -0.188. The quantitative estimate of drug-likeness (QED) is 0.854. The standard InChI is InChI=1S/C20H23NO4/c22-13-4-3-12-9-15-20(24)6-5-14(23)18-19(20,16(12)17(13)25-18)7-8-21(15)10-11-1-2-11/h3-4,11,15,18,22,24H,1-2,5-10H2/t15-,18?,19?,20-/m1/s1. The molecule has 1 aromatic carbocycles.